The molecule has 2 heterocycles. The fourth-order valence-corrected chi connectivity index (χ4v) is 4.78. The number of carbonyl (C=O) groups excluding carboxylic acids is 1. The van der Waals surface area contributed by atoms with Crippen LogP contribution in [0.5, 0.6) is 0 Å². The van der Waals surface area contributed by atoms with Crippen molar-refractivity contribution in [3.63, 3.8) is 0 Å². The molecule has 162 valence electrons. The Hall–Kier alpha value is -2.21. The highest BCUT2D eigenvalue weighted by Crippen LogP contribution is 2.23. The van der Waals surface area contributed by atoms with Crippen LogP contribution < -0.4 is 5.32 Å². The quantitative estimate of drug-likeness (QED) is 0.786. The number of hydrogen-bond acceptors (Lipinski definition) is 5. The van der Waals surface area contributed by atoms with Gasteiger partial charge in [-0.1, -0.05) is 61.5 Å². The highest BCUT2D eigenvalue weighted by molar-refractivity contribution is 5.79. The van der Waals surface area contributed by atoms with E-state index in [1.165, 1.54) is 32.1 Å². The Morgan fingerprint density at radius 1 is 1.10 bits per heavy atom. The van der Waals surface area contributed by atoms with Crippen molar-refractivity contribution in [2.75, 3.05) is 13.1 Å². The third-order valence-electron chi connectivity index (χ3n) is 6.54. The van der Waals surface area contributed by atoms with Crippen LogP contribution in [0.4, 0.5) is 0 Å². The van der Waals surface area contributed by atoms with Crippen molar-refractivity contribution < 1.29 is 9.32 Å². The number of nitrogens with zero attached hydrogens (tertiary/aromatic N) is 3. The van der Waals surface area contributed by atoms with Gasteiger partial charge in [-0.05, 0) is 44.7 Å². The Morgan fingerprint density at radius 2 is 1.87 bits per heavy atom. The summed E-state index contributed by atoms with van der Waals surface area (Å²) in [4.78, 5) is 19.8. The first kappa shape index (κ1) is 21.0. The molecule has 0 radical (unpaired) electrons. The first-order chi connectivity index (χ1) is 14.7. The number of benzene rings is 1. The zero-order chi connectivity index (χ0) is 20.8. The van der Waals surface area contributed by atoms with Gasteiger partial charge in [-0.2, -0.15) is 4.98 Å². The summed E-state index contributed by atoms with van der Waals surface area (Å²) in [6.45, 7) is 4.39. The third kappa shape index (κ3) is 5.48. The van der Waals surface area contributed by atoms with Crippen LogP contribution in [0, 0.1) is 12.8 Å². The van der Waals surface area contributed by atoms with Gasteiger partial charge in [0, 0.05) is 18.2 Å². The van der Waals surface area contributed by atoms with E-state index >= 15 is 0 Å². The van der Waals surface area contributed by atoms with Crippen LogP contribution in [0.2, 0.25) is 0 Å². The average Bonchev–Trinajstić information content (AvgIpc) is 3.18. The minimum atomic E-state index is 0.0583. The van der Waals surface area contributed by atoms with Crippen LogP contribution in [-0.2, 0) is 11.3 Å². The molecule has 1 saturated heterocycles. The van der Waals surface area contributed by atoms with E-state index in [-0.39, 0.29) is 11.8 Å². The first-order valence-corrected chi connectivity index (χ1v) is 11.6. The summed E-state index contributed by atoms with van der Waals surface area (Å²) in [5, 5.41) is 7.52. The largest absolute Gasteiger partial charge is 0.353 e. The molecule has 1 aliphatic heterocycles. The predicted molar refractivity (Wildman–Crippen MR) is 117 cm³/mol. The van der Waals surface area contributed by atoms with Crippen LogP contribution in [0.1, 0.15) is 69.2 Å². The van der Waals surface area contributed by atoms with Crippen LogP contribution >= 0.6 is 0 Å². The molecule has 1 amide bonds. The maximum Gasteiger partial charge on any atom is 0.241 e. The molecular formula is C24H34N4O2. The molecule has 1 atom stereocenters. The molecule has 6 heteroatoms. The second-order valence-corrected chi connectivity index (χ2v) is 8.95. The molecule has 4 rings (SSSR count). The van der Waals surface area contributed by atoms with Gasteiger partial charge in [0.15, 0.2) is 0 Å². The predicted octanol–water partition coefficient (Wildman–Crippen LogP) is 4.49. The van der Waals surface area contributed by atoms with E-state index in [9.17, 15) is 4.79 Å². The van der Waals surface area contributed by atoms with E-state index in [1.54, 1.807) is 0 Å². The Balaban J connectivity index is 1.32. The molecule has 1 aromatic heterocycles. The Kier molecular flexibility index (Phi) is 7.16. The fourth-order valence-electron chi connectivity index (χ4n) is 4.78. The maximum atomic E-state index is 12.9. The van der Waals surface area contributed by atoms with Crippen LogP contribution in [0.3, 0.4) is 0 Å². The number of rotatable bonds is 5. The molecule has 6 nitrogen and oxygen atoms in total. The summed E-state index contributed by atoms with van der Waals surface area (Å²) in [5.41, 5.74) is 2.14. The molecule has 0 spiro atoms. The molecule has 30 heavy (non-hydrogen) atoms. The molecule has 1 N–H and O–H groups in total. The van der Waals surface area contributed by atoms with Crippen molar-refractivity contribution in [3.8, 4) is 11.4 Å². The van der Waals surface area contributed by atoms with Crippen molar-refractivity contribution in [2.45, 2.75) is 77.3 Å². The number of hydrogen-bond donors (Lipinski definition) is 1. The van der Waals surface area contributed by atoms with Crippen molar-refractivity contribution in [1.82, 2.24) is 20.4 Å². The van der Waals surface area contributed by atoms with Gasteiger partial charge in [-0.15, -0.1) is 0 Å². The number of piperidine rings is 1. The van der Waals surface area contributed by atoms with Gasteiger partial charge in [-0.3, -0.25) is 9.69 Å². The third-order valence-corrected chi connectivity index (χ3v) is 6.54. The molecule has 0 bridgehead atoms. The minimum absolute atomic E-state index is 0.0583. The van der Waals surface area contributed by atoms with Crippen LogP contribution in [0.15, 0.2) is 28.8 Å². The van der Waals surface area contributed by atoms with Crippen molar-refractivity contribution in [2.24, 2.45) is 5.92 Å². The van der Waals surface area contributed by atoms with Gasteiger partial charge in [-0.25, -0.2) is 0 Å². The summed E-state index contributed by atoms with van der Waals surface area (Å²) in [5.74, 6) is 1.55. The first-order valence-electron chi connectivity index (χ1n) is 11.6. The second kappa shape index (κ2) is 10.2. The Bertz CT molecular complexity index is 826. The minimum Gasteiger partial charge on any atom is -0.353 e. The lowest BCUT2D eigenvalue weighted by molar-refractivity contribution is -0.127. The van der Waals surface area contributed by atoms with E-state index in [4.69, 9.17) is 4.52 Å². The number of aryl methyl sites for hydroxylation is 1. The standard InChI is InChI=1S/C24H34N4O2/c1-18-10-7-8-14-21(18)23-26-22(30-27-23)17-28-15-9-11-19(16-28)24(29)25-20-12-5-3-2-4-6-13-20/h7-8,10,14,19-20H,2-6,9,11-13,15-17H2,1H3,(H,25,29). The van der Waals surface area contributed by atoms with Crippen molar-refractivity contribution in [3.05, 3.63) is 35.7 Å². The number of carbonyl (C=O) groups is 1. The number of aromatic nitrogens is 2. The van der Waals surface area contributed by atoms with Gasteiger partial charge in [0.1, 0.15) is 0 Å². The molecular weight excluding hydrogens is 376 g/mol. The average molecular weight is 411 g/mol. The van der Waals surface area contributed by atoms with Gasteiger partial charge >= 0.3 is 0 Å². The van der Waals surface area contributed by atoms with Gasteiger partial charge < -0.3 is 9.84 Å². The van der Waals surface area contributed by atoms with Crippen molar-refractivity contribution >= 4 is 5.91 Å². The van der Waals surface area contributed by atoms with Crippen molar-refractivity contribution in [1.29, 1.82) is 0 Å². The highest BCUT2D eigenvalue weighted by Gasteiger charge is 2.28. The van der Waals surface area contributed by atoms with Gasteiger partial charge in [0.05, 0.1) is 12.5 Å². The topological polar surface area (TPSA) is 71.3 Å². The lowest BCUT2D eigenvalue weighted by Crippen LogP contribution is -2.45. The number of nitrogens with one attached hydrogen (secondary N) is 1. The molecule has 1 aromatic carbocycles. The van der Waals surface area contributed by atoms with E-state index in [0.29, 0.717) is 24.3 Å². The van der Waals surface area contributed by atoms with Crippen LogP contribution in [-0.4, -0.2) is 40.1 Å². The van der Waals surface area contributed by atoms with E-state index in [0.717, 1.165) is 49.9 Å². The summed E-state index contributed by atoms with van der Waals surface area (Å²) < 4.78 is 5.52. The van der Waals surface area contributed by atoms with Gasteiger partial charge in [0.25, 0.3) is 0 Å². The monoisotopic (exact) mass is 410 g/mol. The summed E-state index contributed by atoms with van der Waals surface area (Å²) in [6.07, 6.45) is 10.7. The SMILES string of the molecule is Cc1ccccc1-c1noc(CN2CCCC(C(=O)NC3CCCCCCC3)C2)n1. The Morgan fingerprint density at radius 3 is 2.67 bits per heavy atom. The molecule has 1 saturated carbocycles. The van der Waals surface area contributed by atoms with E-state index in [1.807, 2.05) is 18.2 Å². The maximum absolute atomic E-state index is 12.9. The summed E-state index contributed by atoms with van der Waals surface area (Å²) in [7, 11) is 0. The lowest BCUT2D eigenvalue weighted by Gasteiger charge is -2.32. The van der Waals surface area contributed by atoms with Gasteiger partial charge in [0.2, 0.25) is 17.6 Å². The molecule has 1 unspecified atom stereocenters. The summed E-state index contributed by atoms with van der Waals surface area (Å²) >= 11 is 0. The zero-order valence-corrected chi connectivity index (χ0v) is 18.1. The number of amides is 1. The van der Waals surface area contributed by atoms with E-state index in [2.05, 4.69) is 33.3 Å². The molecule has 2 aromatic rings. The molecule has 2 fully saturated rings. The fraction of sp³-hybridized carbons (Fsp3) is 0.625. The summed E-state index contributed by atoms with van der Waals surface area (Å²) in [6, 6.07) is 8.42. The normalized spacial score (nSPS) is 21.7. The lowest BCUT2D eigenvalue weighted by atomic mass is 9.94. The molecule has 1 aliphatic carbocycles. The molecule has 2 aliphatic rings. The van der Waals surface area contributed by atoms with E-state index < -0.39 is 0 Å². The van der Waals surface area contributed by atoms with Crippen LogP contribution in [0.25, 0.3) is 11.4 Å². The number of likely N-dealkylation sites (tertiary alicyclic amines) is 1. The Labute approximate surface area is 179 Å². The second-order valence-electron chi connectivity index (χ2n) is 8.95. The smallest absolute Gasteiger partial charge is 0.241 e. The highest BCUT2D eigenvalue weighted by atomic mass is 16.5. The zero-order valence-electron chi connectivity index (χ0n) is 18.1.